The minimum Gasteiger partial charge on any atom is -0.468 e. The van der Waals surface area contributed by atoms with Crippen molar-refractivity contribution >= 4 is 15.8 Å². The number of hydrogen-bond acceptors (Lipinski definition) is 4. The molecular weight excluding hydrogens is 366 g/mol. The summed E-state index contributed by atoms with van der Waals surface area (Å²) >= 11 is 0. The molecule has 4 nitrogen and oxygen atoms in total. The van der Waals surface area contributed by atoms with E-state index in [1.54, 1.807) is 0 Å². The topological polar surface area (TPSA) is 60.4 Å². The number of alkyl halides is 3. The van der Waals surface area contributed by atoms with Crippen LogP contribution in [0.5, 0.6) is 0 Å². The summed E-state index contributed by atoms with van der Waals surface area (Å²) in [5.74, 6) is -8.60. The van der Waals surface area contributed by atoms with E-state index in [9.17, 15) is 39.6 Å². The molecule has 0 amide bonds. The van der Waals surface area contributed by atoms with Crippen LogP contribution < -0.4 is 0 Å². The molecule has 1 rings (SSSR count). The van der Waals surface area contributed by atoms with Crippen LogP contribution >= 0.6 is 0 Å². The minimum atomic E-state index is -4.92. The van der Waals surface area contributed by atoms with E-state index in [4.69, 9.17) is 0 Å². The molecule has 1 atom stereocenters. The highest BCUT2D eigenvalue weighted by atomic mass is 32.2. The first kappa shape index (κ1) is 20.3. The van der Waals surface area contributed by atoms with E-state index in [0.29, 0.717) is 6.92 Å². The summed E-state index contributed by atoms with van der Waals surface area (Å²) in [4.78, 5) is 11.9. The molecule has 0 spiro atoms. The molecule has 24 heavy (non-hydrogen) atoms. The van der Waals surface area contributed by atoms with Gasteiger partial charge < -0.3 is 4.74 Å². The smallest absolute Gasteiger partial charge is 0.390 e. The van der Waals surface area contributed by atoms with E-state index in [-0.39, 0.29) is 12.1 Å². The number of esters is 1. The molecule has 136 valence electrons. The summed E-state index contributed by atoms with van der Waals surface area (Å²) in [5, 5.41) is 0. The number of carbonyl (C=O) groups excluding carboxylic acids is 1. The van der Waals surface area contributed by atoms with E-state index in [2.05, 4.69) is 4.74 Å². The van der Waals surface area contributed by atoms with Crippen molar-refractivity contribution in [1.29, 1.82) is 0 Å². The summed E-state index contributed by atoms with van der Waals surface area (Å²) in [5.41, 5.74) is -0.882. The van der Waals surface area contributed by atoms with Gasteiger partial charge in [-0.25, -0.2) is 26.4 Å². The highest BCUT2D eigenvalue weighted by Gasteiger charge is 2.50. The molecule has 0 bridgehead atoms. The van der Waals surface area contributed by atoms with E-state index < -0.39 is 61.9 Å². The van der Waals surface area contributed by atoms with Crippen LogP contribution in [0.4, 0.5) is 26.3 Å². The quantitative estimate of drug-likeness (QED) is 0.449. The average Bonchev–Trinajstić information content (AvgIpc) is 2.47. The number of carbonyl (C=O) groups is 1. The van der Waals surface area contributed by atoms with Gasteiger partial charge in [0.25, 0.3) is 0 Å². The molecule has 0 saturated heterocycles. The molecule has 0 aromatic heterocycles. The number of ether oxygens (including phenoxy) is 1. The summed E-state index contributed by atoms with van der Waals surface area (Å²) in [6, 6.07) is 0.445. The van der Waals surface area contributed by atoms with Gasteiger partial charge in [-0.2, -0.15) is 13.2 Å². The maximum absolute atomic E-state index is 13.4. The molecule has 0 radical (unpaired) electrons. The van der Waals surface area contributed by atoms with Crippen LogP contribution in [0.2, 0.25) is 0 Å². The lowest BCUT2D eigenvalue weighted by molar-refractivity contribution is -0.144. The van der Waals surface area contributed by atoms with Gasteiger partial charge in [0, 0.05) is 0 Å². The standard InChI is InChI=1S/C13H12F6O4S/c1-12(11(20)23-2,24(21,22)4-3-13(17,18)19)7-5-8(14)10(16)9(15)6-7/h5-6H,3-4H2,1-2H3. The number of sulfone groups is 1. The van der Waals surface area contributed by atoms with Crippen molar-refractivity contribution in [3.8, 4) is 0 Å². The fourth-order valence-corrected chi connectivity index (χ4v) is 3.63. The van der Waals surface area contributed by atoms with Crippen LogP contribution in [0, 0.1) is 17.5 Å². The van der Waals surface area contributed by atoms with Gasteiger partial charge in [-0.3, -0.25) is 0 Å². The molecule has 0 aliphatic rings. The number of rotatable bonds is 5. The Labute approximate surface area is 133 Å². The Morgan fingerprint density at radius 3 is 1.96 bits per heavy atom. The van der Waals surface area contributed by atoms with Crippen molar-refractivity contribution in [2.75, 3.05) is 12.9 Å². The Morgan fingerprint density at radius 1 is 1.12 bits per heavy atom. The lowest BCUT2D eigenvalue weighted by Crippen LogP contribution is -2.44. The van der Waals surface area contributed by atoms with Gasteiger partial charge in [0.15, 0.2) is 32.0 Å². The van der Waals surface area contributed by atoms with Crippen LogP contribution in [0.25, 0.3) is 0 Å². The van der Waals surface area contributed by atoms with Gasteiger partial charge in [-0.1, -0.05) is 0 Å². The minimum absolute atomic E-state index is 0.223. The first-order valence-corrected chi connectivity index (χ1v) is 7.94. The highest BCUT2D eigenvalue weighted by molar-refractivity contribution is 7.93. The maximum Gasteiger partial charge on any atom is 0.390 e. The first-order chi connectivity index (χ1) is 10.8. The van der Waals surface area contributed by atoms with Gasteiger partial charge in [0.1, 0.15) is 0 Å². The molecular formula is C13H12F6O4S. The molecule has 0 fully saturated rings. The van der Waals surface area contributed by atoms with Gasteiger partial charge >= 0.3 is 12.1 Å². The third kappa shape index (κ3) is 3.82. The number of halogens is 6. The molecule has 11 heteroatoms. The van der Waals surface area contributed by atoms with Crippen molar-refractivity contribution in [3.63, 3.8) is 0 Å². The summed E-state index contributed by atoms with van der Waals surface area (Å²) in [7, 11) is -4.17. The Bertz CT molecular complexity index is 720. The fraction of sp³-hybridized carbons (Fsp3) is 0.462. The fourth-order valence-electron chi connectivity index (χ4n) is 1.90. The van der Waals surface area contributed by atoms with Crippen LogP contribution in [0.15, 0.2) is 12.1 Å². The van der Waals surface area contributed by atoms with E-state index in [0.717, 1.165) is 7.11 Å². The molecule has 0 heterocycles. The maximum atomic E-state index is 13.4. The monoisotopic (exact) mass is 378 g/mol. The summed E-state index contributed by atoms with van der Waals surface area (Å²) < 4.78 is 103. The second-order valence-electron chi connectivity index (χ2n) is 4.96. The third-order valence-electron chi connectivity index (χ3n) is 3.39. The van der Waals surface area contributed by atoms with Crippen molar-refractivity contribution in [2.24, 2.45) is 0 Å². The largest absolute Gasteiger partial charge is 0.468 e. The highest BCUT2D eigenvalue weighted by Crippen LogP contribution is 2.35. The SMILES string of the molecule is COC(=O)C(C)(c1cc(F)c(F)c(F)c1)S(=O)(=O)CCC(F)(F)F. The predicted molar refractivity (Wildman–Crippen MR) is 70.1 cm³/mol. The number of benzene rings is 1. The Hall–Kier alpha value is -1.78. The Balaban J connectivity index is 3.53. The van der Waals surface area contributed by atoms with Crippen LogP contribution in [0.1, 0.15) is 18.9 Å². The van der Waals surface area contributed by atoms with Crippen LogP contribution in [0.3, 0.4) is 0 Å². The molecule has 1 unspecified atom stereocenters. The second kappa shape index (κ2) is 6.61. The van der Waals surface area contributed by atoms with E-state index >= 15 is 0 Å². The summed E-state index contributed by atoms with van der Waals surface area (Å²) in [6.07, 6.45) is -6.63. The van der Waals surface area contributed by atoms with Crippen LogP contribution in [-0.4, -0.2) is 33.4 Å². The van der Waals surface area contributed by atoms with Crippen molar-refractivity contribution in [2.45, 2.75) is 24.3 Å². The van der Waals surface area contributed by atoms with E-state index in [1.807, 2.05) is 0 Å². The summed E-state index contributed by atoms with van der Waals surface area (Å²) in [6.45, 7) is 0.636. The van der Waals surface area contributed by atoms with Crippen LogP contribution in [-0.2, 0) is 24.1 Å². The Morgan fingerprint density at radius 2 is 1.58 bits per heavy atom. The third-order valence-corrected chi connectivity index (χ3v) is 5.77. The molecule has 0 N–H and O–H groups in total. The van der Waals surface area contributed by atoms with E-state index in [1.165, 1.54) is 0 Å². The predicted octanol–water partition coefficient (Wildman–Crippen LogP) is 2.86. The van der Waals surface area contributed by atoms with Gasteiger partial charge in [0.2, 0.25) is 0 Å². The molecule has 0 saturated carbocycles. The van der Waals surface area contributed by atoms with Gasteiger partial charge in [-0.15, -0.1) is 0 Å². The lowest BCUT2D eigenvalue weighted by Gasteiger charge is -2.27. The zero-order valence-electron chi connectivity index (χ0n) is 12.4. The second-order valence-corrected chi connectivity index (χ2v) is 7.42. The molecule has 0 aliphatic carbocycles. The number of methoxy groups -OCH3 is 1. The van der Waals surface area contributed by atoms with Gasteiger partial charge in [0.05, 0.1) is 19.3 Å². The number of hydrogen-bond donors (Lipinski definition) is 0. The normalized spacial score (nSPS) is 15.0. The van der Waals surface area contributed by atoms with Crippen molar-refractivity contribution in [1.82, 2.24) is 0 Å². The zero-order valence-corrected chi connectivity index (χ0v) is 13.2. The van der Waals surface area contributed by atoms with Crippen molar-refractivity contribution in [3.05, 3.63) is 35.1 Å². The van der Waals surface area contributed by atoms with Crippen molar-refractivity contribution < 1.29 is 44.3 Å². The first-order valence-electron chi connectivity index (χ1n) is 6.28. The molecule has 1 aromatic rings. The molecule has 1 aromatic carbocycles. The average molecular weight is 378 g/mol. The zero-order chi connectivity index (χ0) is 18.9. The Kier molecular flexibility index (Phi) is 5.58. The lowest BCUT2D eigenvalue weighted by atomic mass is 10.00. The molecule has 0 aliphatic heterocycles. The van der Waals surface area contributed by atoms with Gasteiger partial charge in [-0.05, 0) is 24.6 Å².